The van der Waals surface area contributed by atoms with Crippen LogP contribution in [0.15, 0.2) is 47.1 Å². The highest BCUT2D eigenvalue weighted by Gasteiger charge is 2.04. The first-order chi connectivity index (χ1) is 7.31. The standard InChI is InChI=1S/C12H10BrNO/c1-15-12-11(3-2-8-14-12)9-4-6-10(13)7-5-9/h2-8H,1H3. The van der Waals surface area contributed by atoms with E-state index in [9.17, 15) is 0 Å². The maximum Gasteiger partial charge on any atom is 0.221 e. The minimum Gasteiger partial charge on any atom is -0.481 e. The van der Waals surface area contributed by atoms with Crippen molar-refractivity contribution in [1.29, 1.82) is 0 Å². The summed E-state index contributed by atoms with van der Waals surface area (Å²) in [5.41, 5.74) is 2.11. The molecule has 2 aromatic rings. The van der Waals surface area contributed by atoms with Crippen molar-refractivity contribution in [3.8, 4) is 17.0 Å². The Bertz CT molecular complexity index is 453. The van der Waals surface area contributed by atoms with Crippen LogP contribution in [-0.4, -0.2) is 12.1 Å². The summed E-state index contributed by atoms with van der Waals surface area (Å²) in [5, 5.41) is 0. The molecule has 0 N–H and O–H groups in total. The molecular formula is C12H10BrNO. The summed E-state index contributed by atoms with van der Waals surface area (Å²) in [6.45, 7) is 0. The van der Waals surface area contributed by atoms with Gasteiger partial charge in [0.2, 0.25) is 5.88 Å². The van der Waals surface area contributed by atoms with Crippen LogP contribution in [0.2, 0.25) is 0 Å². The molecule has 0 fully saturated rings. The van der Waals surface area contributed by atoms with Gasteiger partial charge in [-0.15, -0.1) is 0 Å². The summed E-state index contributed by atoms with van der Waals surface area (Å²) in [6.07, 6.45) is 1.72. The van der Waals surface area contributed by atoms with Crippen LogP contribution in [0.1, 0.15) is 0 Å². The number of benzene rings is 1. The van der Waals surface area contributed by atoms with Crippen molar-refractivity contribution in [1.82, 2.24) is 4.98 Å². The Labute approximate surface area is 97.1 Å². The third-order valence-electron chi connectivity index (χ3n) is 2.12. The number of halogens is 1. The van der Waals surface area contributed by atoms with E-state index in [0.717, 1.165) is 15.6 Å². The summed E-state index contributed by atoms with van der Waals surface area (Å²) < 4.78 is 6.27. The Balaban J connectivity index is 2.49. The number of hydrogen-bond acceptors (Lipinski definition) is 2. The number of ether oxygens (including phenoxy) is 1. The molecule has 0 aliphatic carbocycles. The molecule has 0 aliphatic rings. The third-order valence-corrected chi connectivity index (χ3v) is 2.65. The van der Waals surface area contributed by atoms with Crippen LogP contribution < -0.4 is 4.74 Å². The summed E-state index contributed by atoms with van der Waals surface area (Å²) in [6, 6.07) is 12.0. The van der Waals surface area contributed by atoms with E-state index in [1.165, 1.54) is 0 Å². The van der Waals surface area contributed by atoms with E-state index in [-0.39, 0.29) is 0 Å². The van der Waals surface area contributed by atoms with Gasteiger partial charge in [0.1, 0.15) is 0 Å². The molecule has 1 aromatic carbocycles. The van der Waals surface area contributed by atoms with Gasteiger partial charge < -0.3 is 4.74 Å². The fourth-order valence-corrected chi connectivity index (χ4v) is 1.67. The highest BCUT2D eigenvalue weighted by atomic mass is 79.9. The highest BCUT2D eigenvalue weighted by molar-refractivity contribution is 9.10. The van der Waals surface area contributed by atoms with E-state index in [4.69, 9.17) is 4.74 Å². The second-order valence-electron chi connectivity index (χ2n) is 3.07. The minimum atomic E-state index is 0.653. The van der Waals surface area contributed by atoms with Gasteiger partial charge >= 0.3 is 0 Å². The lowest BCUT2D eigenvalue weighted by Crippen LogP contribution is -1.90. The third kappa shape index (κ3) is 2.18. The first-order valence-electron chi connectivity index (χ1n) is 4.56. The van der Waals surface area contributed by atoms with E-state index in [1.807, 2.05) is 36.4 Å². The van der Waals surface area contributed by atoms with Gasteiger partial charge in [-0.3, -0.25) is 0 Å². The van der Waals surface area contributed by atoms with Crippen LogP contribution in [0.25, 0.3) is 11.1 Å². The van der Waals surface area contributed by atoms with Gasteiger partial charge in [0, 0.05) is 16.2 Å². The molecular weight excluding hydrogens is 254 g/mol. The molecule has 0 bridgehead atoms. The van der Waals surface area contributed by atoms with Crippen molar-refractivity contribution >= 4 is 15.9 Å². The van der Waals surface area contributed by atoms with Crippen molar-refractivity contribution in [2.24, 2.45) is 0 Å². The monoisotopic (exact) mass is 263 g/mol. The Morgan fingerprint density at radius 2 is 1.87 bits per heavy atom. The summed E-state index contributed by atoms with van der Waals surface area (Å²) >= 11 is 3.41. The Kier molecular flexibility index (Phi) is 3.02. The predicted molar refractivity (Wildman–Crippen MR) is 63.9 cm³/mol. The topological polar surface area (TPSA) is 22.1 Å². The van der Waals surface area contributed by atoms with Crippen molar-refractivity contribution in [2.45, 2.75) is 0 Å². The van der Waals surface area contributed by atoms with E-state index in [0.29, 0.717) is 5.88 Å². The molecule has 2 rings (SSSR count). The Morgan fingerprint density at radius 3 is 2.53 bits per heavy atom. The highest BCUT2D eigenvalue weighted by Crippen LogP contribution is 2.28. The largest absolute Gasteiger partial charge is 0.481 e. The number of methoxy groups -OCH3 is 1. The number of pyridine rings is 1. The molecule has 15 heavy (non-hydrogen) atoms. The molecule has 1 aromatic heterocycles. The lowest BCUT2D eigenvalue weighted by molar-refractivity contribution is 0.399. The van der Waals surface area contributed by atoms with Gasteiger partial charge in [0.25, 0.3) is 0 Å². The van der Waals surface area contributed by atoms with Gasteiger partial charge in [-0.2, -0.15) is 0 Å². The number of aromatic nitrogens is 1. The molecule has 0 atom stereocenters. The molecule has 1 heterocycles. The number of nitrogens with zero attached hydrogens (tertiary/aromatic N) is 1. The zero-order valence-electron chi connectivity index (χ0n) is 8.27. The van der Waals surface area contributed by atoms with Crippen LogP contribution >= 0.6 is 15.9 Å². The maximum atomic E-state index is 5.21. The molecule has 76 valence electrons. The van der Waals surface area contributed by atoms with Crippen LogP contribution in [0, 0.1) is 0 Å². The fraction of sp³-hybridized carbons (Fsp3) is 0.0833. The summed E-state index contributed by atoms with van der Waals surface area (Å²) in [5.74, 6) is 0.653. The molecule has 3 heteroatoms. The fourth-order valence-electron chi connectivity index (χ4n) is 1.40. The molecule has 0 spiro atoms. The van der Waals surface area contributed by atoms with Crippen molar-refractivity contribution in [3.05, 3.63) is 47.1 Å². The molecule has 0 saturated carbocycles. The van der Waals surface area contributed by atoms with E-state index < -0.39 is 0 Å². The quantitative estimate of drug-likeness (QED) is 0.827. The van der Waals surface area contributed by atoms with Gasteiger partial charge in [-0.05, 0) is 29.8 Å². The van der Waals surface area contributed by atoms with E-state index >= 15 is 0 Å². The van der Waals surface area contributed by atoms with Crippen LogP contribution in [0.3, 0.4) is 0 Å². The Morgan fingerprint density at radius 1 is 1.13 bits per heavy atom. The van der Waals surface area contributed by atoms with Gasteiger partial charge in [0.05, 0.1) is 7.11 Å². The Hall–Kier alpha value is -1.35. The van der Waals surface area contributed by atoms with Crippen LogP contribution in [0.4, 0.5) is 0 Å². The number of hydrogen-bond donors (Lipinski definition) is 0. The molecule has 0 aliphatic heterocycles. The second kappa shape index (κ2) is 4.45. The normalized spacial score (nSPS) is 10.0. The van der Waals surface area contributed by atoms with Crippen LogP contribution in [-0.2, 0) is 0 Å². The molecule has 0 amide bonds. The molecule has 2 nitrogen and oxygen atoms in total. The minimum absolute atomic E-state index is 0.653. The van der Waals surface area contributed by atoms with Gasteiger partial charge in [0.15, 0.2) is 0 Å². The zero-order valence-corrected chi connectivity index (χ0v) is 9.86. The van der Waals surface area contributed by atoms with Crippen LogP contribution in [0.5, 0.6) is 5.88 Å². The maximum absolute atomic E-state index is 5.21. The first-order valence-corrected chi connectivity index (χ1v) is 5.35. The molecule has 0 saturated heterocycles. The molecule has 0 radical (unpaired) electrons. The van der Waals surface area contributed by atoms with Crippen molar-refractivity contribution in [2.75, 3.05) is 7.11 Å². The zero-order chi connectivity index (χ0) is 10.7. The average molecular weight is 264 g/mol. The van der Waals surface area contributed by atoms with E-state index in [1.54, 1.807) is 13.3 Å². The SMILES string of the molecule is COc1ncccc1-c1ccc(Br)cc1. The second-order valence-corrected chi connectivity index (χ2v) is 3.98. The summed E-state index contributed by atoms with van der Waals surface area (Å²) in [4.78, 5) is 4.16. The smallest absolute Gasteiger partial charge is 0.221 e. The lowest BCUT2D eigenvalue weighted by Gasteiger charge is -2.06. The molecule has 0 unspecified atom stereocenters. The van der Waals surface area contributed by atoms with E-state index in [2.05, 4.69) is 20.9 Å². The predicted octanol–water partition coefficient (Wildman–Crippen LogP) is 3.52. The number of rotatable bonds is 2. The average Bonchev–Trinajstić information content (AvgIpc) is 2.30. The van der Waals surface area contributed by atoms with Crippen molar-refractivity contribution < 1.29 is 4.74 Å². The summed E-state index contributed by atoms with van der Waals surface area (Å²) in [7, 11) is 1.63. The first kappa shape index (κ1) is 10.2. The van der Waals surface area contributed by atoms with Gasteiger partial charge in [-0.1, -0.05) is 28.1 Å². The van der Waals surface area contributed by atoms with Gasteiger partial charge in [-0.25, -0.2) is 4.98 Å². The van der Waals surface area contributed by atoms with Crippen molar-refractivity contribution in [3.63, 3.8) is 0 Å². The lowest BCUT2D eigenvalue weighted by atomic mass is 10.1.